The van der Waals surface area contributed by atoms with E-state index < -0.39 is 55.4 Å². The lowest BCUT2D eigenvalue weighted by atomic mass is 9.72. The molecule has 0 aromatic carbocycles. The molecule has 12 heteroatoms. The Morgan fingerprint density at radius 2 is 1.55 bits per heavy atom. The second-order valence-corrected chi connectivity index (χ2v) is 26.0. The lowest BCUT2D eigenvalue weighted by Crippen LogP contribution is -2.62. The molecule has 0 aromatic rings. The molecule has 4 saturated heterocycles. The summed E-state index contributed by atoms with van der Waals surface area (Å²) in [6, 6.07) is 0.920. The summed E-state index contributed by atoms with van der Waals surface area (Å²) in [5, 5.41) is 34.3. The number of rotatable bonds is 15. The Labute approximate surface area is 350 Å². The van der Waals surface area contributed by atoms with Crippen LogP contribution in [0, 0.1) is 41.4 Å². The van der Waals surface area contributed by atoms with Crippen molar-refractivity contribution >= 4 is 19.8 Å². The van der Waals surface area contributed by atoms with Gasteiger partial charge in [0.1, 0.15) is 11.9 Å². The third-order valence-electron chi connectivity index (χ3n) is 15.0. The summed E-state index contributed by atoms with van der Waals surface area (Å²) in [6.07, 6.45) is 6.04. The van der Waals surface area contributed by atoms with Crippen LogP contribution in [0.3, 0.4) is 0 Å². The quantitative estimate of drug-likeness (QED) is 0.0851. The number of hydrogen-bond acceptors (Lipinski definition) is 11. The first-order valence-corrected chi connectivity index (χ1v) is 26.7. The van der Waals surface area contributed by atoms with Crippen LogP contribution in [0.15, 0.2) is 12.2 Å². The smallest absolute Gasteiger partial charge is 0.311 e. The van der Waals surface area contributed by atoms with E-state index in [1.54, 1.807) is 6.08 Å². The Hall–Kier alpha value is -1.22. The molecule has 5 heterocycles. The fraction of sp³-hybridized carbons (Fsp3) is 0.913. The van der Waals surface area contributed by atoms with Gasteiger partial charge >= 0.3 is 5.97 Å². The molecule has 0 saturated carbocycles. The molecule has 4 fully saturated rings. The first kappa shape index (κ1) is 47.8. The van der Waals surface area contributed by atoms with Crippen LogP contribution in [0.2, 0.25) is 25.7 Å². The van der Waals surface area contributed by atoms with Crippen molar-refractivity contribution in [1.29, 1.82) is 0 Å². The van der Waals surface area contributed by atoms with E-state index in [4.69, 9.17) is 28.4 Å². The van der Waals surface area contributed by atoms with Gasteiger partial charge in [0, 0.05) is 38.2 Å². The summed E-state index contributed by atoms with van der Waals surface area (Å²) in [7, 11) is -1.34. The molecule has 5 rings (SSSR count). The van der Waals surface area contributed by atoms with E-state index in [0.717, 1.165) is 25.3 Å². The molecule has 5 aliphatic heterocycles. The Kier molecular flexibility index (Phi) is 15.7. The van der Waals surface area contributed by atoms with E-state index >= 15 is 0 Å². The molecule has 334 valence electrons. The lowest BCUT2D eigenvalue weighted by Gasteiger charge is -2.53. The minimum atomic E-state index is -1.34. The number of carbonyl (C=O) groups excluding carboxylic acids is 2. The van der Waals surface area contributed by atoms with Crippen molar-refractivity contribution in [2.45, 2.75) is 218 Å². The monoisotopic (exact) mass is 837 g/mol. The zero-order chi connectivity index (χ0) is 43.0. The first-order valence-electron chi connectivity index (χ1n) is 23.0. The topological polar surface area (TPSA) is 150 Å². The van der Waals surface area contributed by atoms with Crippen LogP contribution in [0.4, 0.5) is 0 Å². The molecular weight excluding hydrogens is 757 g/mol. The van der Waals surface area contributed by atoms with E-state index in [9.17, 15) is 24.9 Å². The Morgan fingerprint density at radius 1 is 0.879 bits per heavy atom. The summed E-state index contributed by atoms with van der Waals surface area (Å²) in [4.78, 5) is 27.8. The highest BCUT2D eigenvalue weighted by Crippen LogP contribution is 2.51. The minimum Gasteiger partial charge on any atom is -0.466 e. The minimum absolute atomic E-state index is 0.0294. The number of carbonyl (C=O) groups is 2. The van der Waals surface area contributed by atoms with E-state index in [0.29, 0.717) is 51.6 Å². The second-order valence-electron chi connectivity index (χ2n) is 20.4. The molecule has 18 atom stereocenters. The predicted octanol–water partition coefficient (Wildman–Crippen LogP) is 7.59. The summed E-state index contributed by atoms with van der Waals surface area (Å²) in [6.45, 7) is 25.2. The van der Waals surface area contributed by atoms with Gasteiger partial charge < -0.3 is 43.7 Å². The maximum Gasteiger partial charge on any atom is 0.311 e. The van der Waals surface area contributed by atoms with Crippen molar-refractivity contribution in [3.63, 3.8) is 0 Å². The highest BCUT2D eigenvalue weighted by Gasteiger charge is 2.60. The fourth-order valence-corrected chi connectivity index (χ4v) is 11.5. The summed E-state index contributed by atoms with van der Waals surface area (Å²) < 4.78 is 39.3. The highest BCUT2D eigenvalue weighted by atomic mass is 28.3. The van der Waals surface area contributed by atoms with Gasteiger partial charge in [-0.15, -0.1) is 0 Å². The van der Waals surface area contributed by atoms with Gasteiger partial charge in [-0.3, -0.25) is 9.59 Å². The van der Waals surface area contributed by atoms with E-state index in [1.807, 2.05) is 47.6 Å². The van der Waals surface area contributed by atoms with Crippen molar-refractivity contribution in [3.8, 4) is 0 Å². The van der Waals surface area contributed by atoms with Crippen molar-refractivity contribution in [2.75, 3.05) is 6.61 Å². The normalized spacial score (nSPS) is 42.2. The largest absolute Gasteiger partial charge is 0.466 e. The third-order valence-corrected chi connectivity index (χ3v) is 16.8. The average molecular weight is 837 g/mol. The van der Waals surface area contributed by atoms with Crippen molar-refractivity contribution in [3.05, 3.63) is 12.2 Å². The van der Waals surface area contributed by atoms with E-state index in [-0.39, 0.29) is 71.9 Å². The second kappa shape index (κ2) is 19.0. The summed E-state index contributed by atoms with van der Waals surface area (Å²) in [5.41, 5.74) is -0.858. The van der Waals surface area contributed by atoms with Gasteiger partial charge in [-0.2, -0.15) is 0 Å². The Morgan fingerprint density at radius 3 is 2.17 bits per heavy atom. The number of ether oxygens (including phenoxy) is 6. The van der Waals surface area contributed by atoms with Crippen LogP contribution in [-0.2, 0) is 38.0 Å². The van der Waals surface area contributed by atoms with Crippen LogP contribution in [0.25, 0.3) is 0 Å². The van der Waals surface area contributed by atoms with Crippen molar-refractivity contribution < 1.29 is 53.3 Å². The molecule has 3 N–H and O–H groups in total. The number of Topliss-reactive ketones (excluding diaryl/α,β-unsaturated/α-hetero) is 1. The molecule has 0 aliphatic carbocycles. The summed E-state index contributed by atoms with van der Waals surface area (Å²) >= 11 is 0. The molecule has 11 nitrogen and oxygen atoms in total. The standard InChI is InChI=1S/C46H80O11Si/c1-13-33(43(50)52-24-25-58(10,11)12)35-17-16-27(4)41(54-35)31(8)39(48)30(7)40(49)34(14-2)42-28(5)26-29(6)45(56-42)23-20-38(47)46(57-45)22-19-37(55-46)36-18-21-44(51,15-3)32(9)53-36/h20,23,27-39,41-42,47-48,51H,13-19,21-22,24-26H2,1-12H3/t27-,28-,29+,30-,31-,32-,33?,34-,35+,36+,37?,38+,39+,41+,42?,44+,45-,46-/m0/s1. The number of aliphatic hydroxyl groups excluding tert-OH is 2. The SMILES string of the molecule is CCC(C(=O)OCC[Si](C)(C)C)[C@H]1CC[C@H](C)[C@H]([C@@H](C)[C@H](O)[C@H](C)C(=O)[C@H](CC)C2O[C@]3(C=C[C@@H](O)[C@]4(CCC([C@H]5CC[C@](O)(CC)[C@H](C)O5)O4)O3)[C@H](C)C[C@@H]2C)O1. The molecule has 0 aromatic heterocycles. The number of aliphatic hydroxyl groups is 3. The van der Waals surface area contributed by atoms with Crippen molar-refractivity contribution in [2.24, 2.45) is 41.4 Å². The molecule has 2 spiro atoms. The molecule has 58 heavy (non-hydrogen) atoms. The van der Waals surface area contributed by atoms with Crippen LogP contribution in [0.1, 0.15) is 127 Å². The van der Waals surface area contributed by atoms with E-state index in [1.165, 1.54) is 0 Å². The van der Waals surface area contributed by atoms with Crippen molar-refractivity contribution in [1.82, 2.24) is 0 Å². The Balaban J connectivity index is 1.26. The third kappa shape index (κ3) is 10.0. The van der Waals surface area contributed by atoms with Gasteiger partial charge in [-0.1, -0.05) is 75.0 Å². The maximum atomic E-state index is 14.6. The van der Waals surface area contributed by atoms with Crippen LogP contribution < -0.4 is 0 Å². The van der Waals surface area contributed by atoms with Gasteiger partial charge in [0.2, 0.25) is 5.79 Å². The van der Waals surface area contributed by atoms with Gasteiger partial charge in [0.15, 0.2) is 5.79 Å². The summed E-state index contributed by atoms with van der Waals surface area (Å²) in [5.74, 6) is -4.63. The van der Waals surface area contributed by atoms with Crippen LogP contribution >= 0.6 is 0 Å². The zero-order valence-electron chi connectivity index (χ0n) is 37.9. The fourth-order valence-electron chi connectivity index (χ4n) is 10.7. The van der Waals surface area contributed by atoms with Gasteiger partial charge in [0.05, 0.1) is 60.9 Å². The molecular formula is C46H80O11Si. The molecule has 0 radical (unpaired) electrons. The van der Waals surface area contributed by atoms with Crippen LogP contribution in [-0.4, -0.2) is 108 Å². The zero-order valence-corrected chi connectivity index (χ0v) is 38.9. The highest BCUT2D eigenvalue weighted by molar-refractivity contribution is 6.76. The van der Waals surface area contributed by atoms with Gasteiger partial charge in [-0.05, 0) is 94.7 Å². The number of ketones is 1. The van der Waals surface area contributed by atoms with Gasteiger partial charge in [-0.25, -0.2) is 0 Å². The molecule has 5 aliphatic rings. The van der Waals surface area contributed by atoms with Crippen LogP contribution in [0.5, 0.6) is 0 Å². The average Bonchev–Trinajstić information content (AvgIpc) is 3.60. The molecule has 0 amide bonds. The Bertz CT molecular complexity index is 1420. The molecule has 3 unspecified atom stereocenters. The first-order chi connectivity index (χ1) is 27.1. The molecule has 0 bridgehead atoms. The number of esters is 1. The predicted molar refractivity (Wildman–Crippen MR) is 226 cm³/mol. The van der Waals surface area contributed by atoms with E-state index in [2.05, 4.69) is 40.4 Å². The maximum absolute atomic E-state index is 14.6. The number of hydrogen-bond donors (Lipinski definition) is 3. The lowest BCUT2D eigenvalue weighted by molar-refractivity contribution is -0.401. The van der Waals surface area contributed by atoms with Gasteiger partial charge in [0.25, 0.3) is 0 Å².